The normalized spacial score (nSPS) is 22.4. The summed E-state index contributed by atoms with van der Waals surface area (Å²) in [7, 11) is 3.21. The number of rotatable bonds is 5. The van der Waals surface area contributed by atoms with Gasteiger partial charge in [0.25, 0.3) is 0 Å². The minimum absolute atomic E-state index is 0.0783. The van der Waals surface area contributed by atoms with Crippen LogP contribution in [0.4, 0.5) is 5.69 Å². The molecule has 0 saturated carbocycles. The van der Waals surface area contributed by atoms with E-state index >= 15 is 0 Å². The first-order valence-corrected chi connectivity index (χ1v) is 9.84. The number of hydrogen-bond donors (Lipinski definition) is 0. The first kappa shape index (κ1) is 18.4. The molecule has 0 unspecified atom stereocenters. The Morgan fingerprint density at radius 2 is 1.97 bits per heavy atom. The Bertz CT molecular complexity index is 982. The Hall–Kier alpha value is -2.64. The molecule has 0 spiro atoms. The third-order valence-electron chi connectivity index (χ3n) is 5.77. The lowest BCUT2D eigenvalue weighted by Gasteiger charge is -2.34. The maximum atomic E-state index is 13.2. The molecule has 29 heavy (non-hydrogen) atoms. The fourth-order valence-electron chi connectivity index (χ4n) is 4.52. The summed E-state index contributed by atoms with van der Waals surface area (Å²) >= 11 is 6.18. The highest BCUT2D eigenvalue weighted by Crippen LogP contribution is 2.44. The van der Waals surface area contributed by atoms with Crippen LogP contribution in [0, 0.1) is 0 Å². The second kappa shape index (κ2) is 7.00. The van der Waals surface area contributed by atoms with E-state index in [1.807, 2.05) is 17.0 Å². The molecule has 152 valence electrons. The second-order valence-corrected chi connectivity index (χ2v) is 7.83. The molecule has 8 heteroatoms. The Balaban J connectivity index is 1.38. The van der Waals surface area contributed by atoms with Gasteiger partial charge in [-0.3, -0.25) is 9.69 Å². The lowest BCUT2D eigenvalue weighted by atomic mass is 10.1. The van der Waals surface area contributed by atoms with Crippen LogP contribution in [0.25, 0.3) is 0 Å². The third-order valence-corrected chi connectivity index (χ3v) is 6.01. The molecule has 3 aliphatic heterocycles. The van der Waals surface area contributed by atoms with Crippen molar-refractivity contribution in [2.24, 2.45) is 0 Å². The number of methoxy groups -OCH3 is 2. The van der Waals surface area contributed by atoms with E-state index in [2.05, 4.69) is 4.90 Å². The number of ether oxygens (including phenoxy) is 4. The maximum Gasteiger partial charge on any atom is 0.244 e. The predicted octanol–water partition coefficient (Wildman–Crippen LogP) is 3.08. The van der Waals surface area contributed by atoms with Gasteiger partial charge < -0.3 is 23.8 Å². The average molecular weight is 417 g/mol. The SMILES string of the molecule is COc1ccc(Cl)cc1N1C(=O)[C@@H]2C[C@H]1CN2Cc1cc(OC)c2c(c1)OCO2. The van der Waals surface area contributed by atoms with E-state index in [0.29, 0.717) is 34.6 Å². The van der Waals surface area contributed by atoms with Crippen molar-refractivity contribution < 1.29 is 23.7 Å². The van der Waals surface area contributed by atoms with E-state index in [4.69, 9.17) is 30.5 Å². The Labute approximate surface area is 173 Å². The Morgan fingerprint density at radius 1 is 1.14 bits per heavy atom. The van der Waals surface area contributed by atoms with Crippen molar-refractivity contribution in [3.8, 4) is 23.0 Å². The lowest BCUT2D eigenvalue weighted by molar-refractivity contribution is -0.122. The second-order valence-electron chi connectivity index (χ2n) is 7.39. The van der Waals surface area contributed by atoms with Crippen LogP contribution in [0.1, 0.15) is 12.0 Å². The van der Waals surface area contributed by atoms with Crippen LogP contribution in [0.3, 0.4) is 0 Å². The number of amides is 1. The molecule has 0 N–H and O–H groups in total. The van der Waals surface area contributed by atoms with Crippen LogP contribution in [-0.2, 0) is 11.3 Å². The molecule has 0 aliphatic carbocycles. The minimum atomic E-state index is -0.167. The lowest BCUT2D eigenvalue weighted by Crippen LogP contribution is -2.50. The molecule has 3 heterocycles. The van der Waals surface area contributed by atoms with Gasteiger partial charge in [0.1, 0.15) is 5.75 Å². The Morgan fingerprint density at radius 3 is 2.72 bits per heavy atom. The molecule has 5 rings (SSSR count). The molecule has 0 radical (unpaired) electrons. The summed E-state index contributed by atoms with van der Waals surface area (Å²) in [6.07, 6.45) is 0.788. The first-order chi connectivity index (χ1) is 14.1. The zero-order chi connectivity index (χ0) is 20.1. The number of hydrogen-bond acceptors (Lipinski definition) is 6. The summed E-state index contributed by atoms with van der Waals surface area (Å²) < 4.78 is 21.9. The van der Waals surface area contributed by atoms with Crippen molar-refractivity contribution >= 4 is 23.2 Å². The van der Waals surface area contributed by atoms with Gasteiger partial charge in [0, 0.05) is 18.1 Å². The number of halogens is 1. The topological polar surface area (TPSA) is 60.5 Å². The van der Waals surface area contributed by atoms with Gasteiger partial charge in [-0.2, -0.15) is 0 Å². The van der Waals surface area contributed by atoms with Crippen LogP contribution in [0.2, 0.25) is 5.02 Å². The van der Waals surface area contributed by atoms with E-state index in [0.717, 1.165) is 24.2 Å². The van der Waals surface area contributed by atoms with Crippen LogP contribution < -0.4 is 23.8 Å². The van der Waals surface area contributed by atoms with Gasteiger partial charge in [0.15, 0.2) is 11.5 Å². The highest BCUT2D eigenvalue weighted by Gasteiger charge is 2.50. The number of piperazine rings is 1. The molecule has 1 amide bonds. The number of nitrogens with zero attached hydrogens (tertiary/aromatic N) is 2. The molecule has 2 aromatic rings. The smallest absolute Gasteiger partial charge is 0.244 e. The summed E-state index contributed by atoms with van der Waals surface area (Å²) in [6.45, 7) is 1.61. The van der Waals surface area contributed by atoms with Gasteiger partial charge >= 0.3 is 0 Å². The van der Waals surface area contributed by atoms with E-state index in [1.54, 1.807) is 32.4 Å². The highest BCUT2D eigenvalue weighted by molar-refractivity contribution is 6.31. The molecule has 3 aliphatic rings. The highest BCUT2D eigenvalue weighted by atomic mass is 35.5. The van der Waals surface area contributed by atoms with Crippen molar-refractivity contribution in [2.45, 2.75) is 25.0 Å². The predicted molar refractivity (Wildman–Crippen MR) is 107 cm³/mol. The number of carbonyl (C=O) groups excluding carboxylic acids is 1. The number of anilines is 1. The van der Waals surface area contributed by atoms with E-state index in [1.165, 1.54) is 0 Å². The van der Waals surface area contributed by atoms with Crippen molar-refractivity contribution in [3.63, 3.8) is 0 Å². The first-order valence-electron chi connectivity index (χ1n) is 9.46. The van der Waals surface area contributed by atoms with Crippen molar-refractivity contribution in [2.75, 3.05) is 32.5 Å². The van der Waals surface area contributed by atoms with E-state index < -0.39 is 0 Å². The molecule has 2 bridgehead atoms. The quantitative estimate of drug-likeness (QED) is 0.746. The molecule has 2 atom stereocenters. The minimum Gasteiger partial charge on any atom is -0.495 e. The third kappa shape index (κ3) is 2.96. The number of carbonyl (C=O) groups is 1. The molecular weight excluding hydrogens is 396 g/mol. The van der Waals surface area contributed by atoms with E-state index in [-0.39, 0.29) is 24.8 Å². The van der Waals surface area contributed by atoms with Crippen LogP contribution in [0.15, 0.2) is 30.3 Å². The fourth-order valence-corrected chi connectivity index (χ4v) is 4.68. The van der Waals surface area contributed by atoms with Gasteiger partial charge in [-0.05, 0) is 42.3 Å². The summed E-state index contributed by atoms with van der Waals surface area (Å²) in [5.41, 5.74) is 1.76. The van der Waals surface area contributed by atoms with Gasteiger partial charge in [0.05, 0.1) is 32.0 Å². The summed E-state index contributed by atoms with van der Waals surface area (Å²) in [4.78, 5) is 17.2. The zero-order valence-electron chi connectivity index (χ0n) is 16.2. The number of likely N-dealkylation sites (tertiary alicyclic amines) is 1. The van der Waals surface area contributed by atoms with Crippen molar-refractivity contribution in [1.82, 2.24) is 4.90 Å². The van der Waals surface area contributed by atoms with E-state index in [9.17, 15) is 4.79 Å². The monoisotopic (exact) mass is 416 g/mol. The molecule has 7 nitrogen and oxygen atoms in total. The molecular formula is C21H21ClN2O5. The summed E-state index contributed by atoms with van der Waals surface area (Å²) in [5, 5.41) is 0.584. The van der Waals surface area contributed by atoms with Crippen LogP contribution in [-0.4, -0.2) is 50.4 Å². The van der Waals surface area contributed by atoms with Crippen LogP contribution in [0.5, 0.6) is 23.0 Å². The Kier molecular flexibility index (Phi) is 4.44. The standard InChI is InChI=1S/C21H21ClN2O5/c1-26-17-4-3-13(22)7-15(17)24-14-8-16(21(24)25)23(10-14)9-12-5-18(27-2)20-19(6-12)28-11-29-20/h3-7,14,16H,8-11H2,1-2H3/t14-,16-/m0/s1. The van der Waals surface area contributed by atoms with Gasteiger partial charge in [-0.1, -0.05) is 11.6 Å². The van der Waals surface area contributed by atoms with Gasteiger partial charge in [0.2, 0.25) is 18.4 Å². The summed E-state index contributed by atoms with van der Waals surface area (Å²) in [6, 6.07) is 9.19. The zero-order valence-corrected chi connectivity index (χ0v) is 16.9. The maximum absolute atomic E-state index is 13.2. The molecule has 2 aromatic carbocycles. The van der Waals surface area contributed by atoms with Crippen molar-refractivity contribution in [1.29, 1.82) is 0 Å². The fraction of sp³-hybridized carbons (Fsp3) is 0.381. The number of fused-ring (bicyclic) bond motifs is 3. The van der Waals surface area contributed by atoms with Gasteiger partial charge in [-0.25, -0.2) is 0 Å². The molecule has 2 saturated heterocycles. The van der Waals surface area contributed by atoms with Gasteiger partial charge in [-0.15, -0.1) is 0 Å². The number of benzene rings is 2. The largest absolute Gasteiger partial charge is 0.495 e. The summed E-state index contributed by atoms with van der Waals surface area (Å²) in [5.74, 6) is 2.70. The van der Waals surface area contributed by atoms with Crippen molar-refractivity contribution in [3.05, 3.63) is 40.9 Å². The van der Waals surface area contributed by atoms with Crippen LogP contribution >= 0.6 is 11.6 Å². The molecule has 2 fully saturated rings. The molecule has 0 aromatic heterocycles. The average Bonchev–Trinajstić information content (AvgIpc) is 3.42.